The van der Waals surface area contributed by atoms with Crippen molar-refractivity contribution in [1.29, 1.82) is 0 Å². The van der Waals surface area contributed by atoms with E-state index >= 15 is 0 Å². The van der Waals surface area contributed by atoms with E-state index < -0.39 is 11.6 Å². The minimum atomic E-state index is -0.705. The van der Waals surface area contributed by atoms with E-state index in [-0.39, 0.29) is 5.69 Å². The largest absolute Gasteiger partial charge is 0.497 e. The van der Waals surface area contributed by atoms with E-state index in [0.29, 0.717) is 22.8 Å². The molecule has 4 aromatic rings. The number of ether oxygens (including phenoxy) is 2. The fraction of sp³-hybridized carbons (Fsp3) is 0.217. The third-order valence-electron chi connectivity index (χ3n) is 4.96. The molecule has 0 aliphatic heterocycles. The summed E-state index contributed by atoms with van der Waals surface area (Å²) in [7, 11) is 3.22. The molecule has 0 aliphatic rings. The van der Waals surface area contributed by atoms with Gasteiger partial charge < -0.3 is 18.6 Å². The first-order chi connectivity index (χ1) is 15.6. The van der Waals surface area contributed by atoms with Crippen LogP contribution in [-0.2, 0) is 13.1 Å². The number of methoxy groups -OCH3 is 2. The van der Waals surface area contributed by atoms with Crippen molar-refractivity contribution >= 4 is 17.0 Å². The summed E-state index contributed by atoms with van der Waals surface area (Å²) < 4.78 is 42.6. The first-order valence-electron chi connectivity index (χ1n) is 9.95. The van der Waals surface area contributed by atoms with Crippen molar-refractivity contribution < 1.29 is 18.3 Å². The highest BCUT2D eigenvalue weighted by Gasteiger charge is 2.15. The molecule has 0 radical (unpaired) electrons. The third kappa shape index (κ3) is 4.72. The van der Waals surface area contributed by atoms with Crippen LogP contribution < -0.4 is 14.3 Å². The average Bonchev–Trinajstić information content (AvgIpc) is 3.45. The summed E-state index contributed by atoms with van der Waals surface area (Å²) in [5, 5.41) is 1.95. The molecule has 32 heavy (non-hydrogen) atoms. The molecule has 0 saturated heterocycles. The van der Waals surface area contributed by atoms with Gasteiger partial charge >= 0.3 is 0 Å². The summed E-state index contributed by atoms with van der Waals surface area (Å²) in [6, 6.07) is 8.95. The van der Waals surface area contributed by atoms with Crippen molar-refractivity contribution in [2.45, 2.75) is 19.5 Å². The van der Waals surface area contributed by atoms with Crippen LogP contribution in [0.1, 0.15) is 6.42 Å². The second-order valence-electron chi connectivity index (χ2n) is 6.98. The molecule has 0 amide bonds. The van der Waals surface area contributed by atoms with Gasteiger partial charge in [-0.25, -0.2) is 18.8 Å². The molecule has 0 fully saturated rings. The number of nitrogens with zero attached hydrogens (tertiary/aromatic N) is 4. The molecule has 0 N–H and O–H groups in total. The van der Waals surface area contributed by atoms with Crippen LogP contribution in [0.5, 0.6) is 11.5 Å². The van der Waals surface area contributed by atoms with E-state index in [1.807, 2.05) is 38.9 Å². The van der Waals surface area contributed by atoms with Crippen molar-refractivity contribution in [3.05, 3.63) is 76.9 Å². The van der Waals surface area contributed by atoms with Crippen LogP contribution in [0.3, 0.4) is 0 Å². The topological polar surface area (TPSA) is 53.6 Å². The predicted molar refractivity (Wildman–Crippen MR) is 119 cm³/mol. The Morgan fingerprint density at radius 1 is 1.06 bits per heavy atom. The molecule has 0 unspecified atom stereocenters. The van der Waals surface area contributed by atoms with Crippen LogP contribution in [0.2, 0.25) is 0 Å². The normalized spacial score (nSPS) is 11.7. The lowest BCUT2D eigenvalue weighted by atomic mass is 10.1. The number of thiazole rings is 1. The van der Waals surface area contributed by atoms with Gasteiger partial charge in [-0.1, -0.05) is 0 Å². The number of aryl methyl sites for hydroxylation is 1. The molecule has 0 bridgehead atoms. The zero-order valence-electron chi connectivity index (χ0n) is 17.7. The van der Waals surface area contributed by atoms with E-state index in [2.05, 4.69) is 9.98 Å². The fourth-order valence-electron chi connectivity index (χ4n) is 3.37. The predicted octanol–water partition coefficient (Wildman–Crippen LogP) is 5.03. The summed E-state index contributed by atoms with van der Waals surface area (Å²) in [5.74, 6) is 0.0398. The zero-order valence-corrected chi connectivity index (χ0v) is 18.5. The summed E-state index contributed by atoms with van der Waals surface area (Å²) >= 11 is 1.38. The monoisotopic (exact) mass is 456 g/mol. The van der Waals surface area contributed by atoms with Crippen LogP contribution in [0.15, 0.2) is 65.5 Å². The maximum Gasteiger partial charge on any atom is 0.190 e. The Morgan fingerprint density at radius 3 is 2.66 bits per heavy atom. The number of hydrogen-bond acceptors (Lipinski definition) is 5. The van der Waals surface area contributed by atoms with Crippen molar-refractivity contribution in [2.75, 3.05) is 14.2 Å². The molecule has 0 aliphatic carbocycles. The lowest BCUT2D eigenvalue weighted by Gasteiger charge is -2.14. The van der Waals surface area contributed by atoms with Crippen LogP contribution >= 0.6 is 11.3 Å². The second kappa shape index (κ2) is 9.78. The molecular formula is C23H22F2N4O2S. The summed E-state index contributed by atoms with van der Waals surface area (Å²) in [6.45, 7) is 1.39. The highest BCUT2D eigenvalue weighted by atomic mass is 32.1. The Bertz CT molecular complexity index is 1270. The average molecular weight is 457 g/mol. The van der Waals surface area contributed by atoms with Gasteiger partial charge in [-0.3, -0.25) is 0 Å². The third-order valence-corrected chi connectivity index (χ3v) is 5.83. The van der Waals surface area contributed by atoms with Gasteiger partial charge in [-0.05, 0) is 36.8 Å². The van der Waals surface area contributed by atoms with Gasteiger partial charge in [0.05, 0.1) is 26.2 Å². The molecule has 166 valence electrons. The summed E-state index contributed by atoms with van der Waals surface area (Å²) in [5.41, 5.74) is 1.80. The fourth-order valence-corrected chi connectivity index (χ4v) is 4.31. The van der Waals surface area contributed by atoms with Gasteiger partial charge in [0.1, 0.15) is 23.0 Å². The molecule has 2 heterocycles. The first-order valence-corrected chi connectivity index (χ1v) is 10.8. The minimum Gasteiger partial charge on any atom is -0.497 e. The molecule has 9 heteroatoms. The summed E-state index contributed by atoms with van der Waals surface area (Å²) in [4.78, 5) is 9.16. The van der Waals surface area contributed by atoms with Crippen molar-refractivity contribution in [3.8, 4) is 22.8 Å². The number of aromatic nitrogens is 3. The molecule has 0 spiro atoms. The summed E-state index contributed by atoms with van der Waals surface area (Å²) in [6.07, 6.45) is 6.21. The van der Waals surface area contributed by atoms with Gasteiger partial charge in [-0.2, -0.15) is 0 Å². The van der Waals surface area contributed by atoms with Crippen molar-refractivity contribution in [3.63, 3.8) is 0 Å². The van der Waals surface area contributed by atoms with E-state index in [1.54, 1.807) is 26.7 Å². The molecule has 2 aromatic carbocycles. The zero-order chi connectivity index (χ0) is 22.5. The van der Waals surface area contributed by atoms with Crippen molar-refractivity contribution in [1.82, 2.24) is 14.1 Å². The maximum absolute atomic E-state index is 14.3. The Kier molecular flexibility index (Phi) is 6.65. The van der Waals surface area contributed by atoms with E-state index in [0.717, 1.165) is 30.3 Å². The van der Waals surface area contributed by atoms with Gasteiger partial charge in [0.15, 0.2) is 10.6 Å². The molecular weight excluding hydrogens is 434 g/mol. The maximum atomic E-state index is 14.3. The van der Waals surface area contributed by atoms with Crippen LogP contribution in [0.4, 0.5) is 14.5 Å². The van der Waals surface area contributed by atoms with Gasteiger partial charge in [-0.15, -0.1) is 11.3 Å². The van der Waals surface area contributed by atoms with Gasteiger partial charge in [0.2, 0.25) is 0 Å². The van der Waals surface area contributed by atoms with Crippen LogP contribution in [0.25, 0.3) is 11.3 Å². The van der Waals surface area contributed by atoms with E-state index in [9.17, 15) is 8.78 Å². The quantitative estimate of drug-likeness (QED) is 0.374. The lowest BCUT2D eigenvalue weighted by Crippen LogP contribution is -2.17. The molecule has 6 nitrogen and oxygen atoms in total. The van der Waals surface area contributed by atoms with E-state index in [1.165, 1.54) is 23.5 Å². The van der Waals surface area contributed by atoms with Crippen LogP contribution in [0, 0.1) is 11.6 Å². The highest BCUT2D eigenvalue weighted by molar-refractivity contribution is 7.07. The Labute approximate surface area is 188 Å². The van der Waals surface area contributed by atoms with Crippen LogP contribution in [-0.4, -0.2) is 28.3 Å². The van der Waals surface area contributed by atoms with E-state index in [4.69, 9.17) is 9.47 Å². The SMILES string of the molecule is COc1ccc(OC)c(-c2csc(=Nc3ccc(F)cc3F)n2CCCn2ccnc2)c1. The Balaban J connectivity index is 1.79. The molecule has 2 aromatic heterocycles. The Hall–Kier alpha value is -3.46. The number of rotatable bonds is 8. The second-order valence-corrected chi connectivity index (χ2v) is 7.82. The number of halogens is 2. The van der Waals surface area contributed by atoms with Crippen molar-refractivity contribution in [2.24, 2.45) is 4.99 Å². The number of hydrogen-bond donors (Lipinski definition) is 0. The smallest absolute Gasteiger partial charge is 0.190 e. The Morgan fingerprint density at radius 2 is 1.94 bits per heavy atom. The van der Waals surface area contributed by atoms with Gasteiger partial charge in [0, 0.05) is 42.5 Å². The number of benzene rings is 2. The molecule has 0 saturated carbocycles. The standard InChI is InChI=1S/C23H22F2N4O2S/c1-30-17-5-7-22(31-2)18(13-17)21-14-32-23(27-20-6-4-16(24)12-19(20)25)29(21)10-3-9-28-11-8-26-15-28/h4-8,11-15H,3,9-10H2,1-2H3. The van der Waals surface area contributed by atoms with Gasteiger partial charge in [0.25, 0.3) is 0 Å². The first kappa shape index (κ1) is 21.8. The molecule has 0 atom stereocenters. The lowest BCUT2D eigenvalue weighted by molar-refractivity contribution is 0.404. The molecule has 4 rings (SSSR count). The highest BCUT2D eigenvalue weighted by Crippen LogP contribution is 2.34. The number of imidazole rings is 1. The minimum absolute atomic E-state index is 0.0840.